The Hall–Kier alpha value is -2.45. The maximum absolute atomic E-state index is 13.4. The zero-order chi connectivity index (χ0) is 18.3. The average Bonchev–Trinajstić information content (AvgIpc) is 3.14. The van der Waals surface area contributed by atoms with Crippen LogP contribution in [0.5, 0.6) is 0 Å². The highest BCUT2D eigenvalue weighted by Crippen LogP contribution is 2.23. The minimum atomic E-state index is -1.47. The molecule has 1 aliphatic heterocycles. The third kappa shape index (κ3) is 3.17. The molecule has 3 heterocycles. The van der Waals surface area contributed by atoms with Crippen molar-refractivity contribution in [3.05, 3.63) is 74.3 Å². The van der Waals surface area contributed by atoms with E-state index in [0.29, 0.717) is 36.5 Å². The van der Waals surface area contributed by atoms with Gasteiger partial charge in [-0.3, -0.25) is 9.69 Å². The molecule has 1 aliphatic rings. The molecule has 0 unspecified atom stereocenters. The summed E-state index contributed by atoms with van der Waals surface area (Å²) in [5, 5.41) is 1.91. The molecule has 0 aliphatic carbocycles. The average molecular weight is 377 g/mol. The normalized spacial score (nSPS) is 14.4. The van der Waals surface area contributed by atoms with E-state index in [1.807, 2.05) is 22.4 Å². The summed E-state index contributed by atoms with van der Waals surface area (Å²) < 4.78 is 39.8. The van der Waals surface area contributed by atoms with E-state index < -0.39 is 17.5 Å². The summed E-state index contributed by atoms with van der Waals surface area (Å²) in [6, 6.07) is 5.75. The Morgan fingerprint density at radius 3 is 2.69 bits per heavy atom. The number of benzene rings is 1. The Labute approximate surface area is 150 Å². The molecule has 0 spiro atoms. The lowest BCUT2D eigenvalue weighted by molar-refractivity contribution is 0.241. The third-order valence-corrected chi connectivity index (χ3v) is 5.23. The predicted molar refractivity (Wildman–Crippen MR) is 92.3 cm³/mol. The van der Waals surface area contributed by atoms with Crippen LogP contribution in [0.3, 0.4) is 0 Å². The van der Waals surface area contributed by atoms with Crippen molar-refractivity contribution in [3.8, 4) is 10.7 Å². The standard InChI is InChI=1S/C18H14F3N3OS/c19-12-6-10(7-13(20)16(12)21)8-24-4-3-14-11(9-24)18(25)23-17(22-14)15-2-1-5-26-15/h1-2,5-7H,3-4,8-9H2,(H,22,23,25). The van der Waals surface area contributed by atoms with Gasteiger partial charge in [-0.25, -0.2) is 18.2 Å². The number of rotatable bonds is 3. The second-order valence-corrected chi connectivity index (χ2v) is 7.10. The van der Waals surface area contributed by atoms with Gasteiger partial charge in [0.05, 0.1) is 16.1 Å². The first kappa shape index (κ1) is 17.0. The highest BCUT2D eigenvalue weighted by molar-refractivity contribution is 7.13. The second kappa shape index (κ2) is 6.69. The zero-order valence-electron chi connectivity index (χ0n) is 13.6. The molecule has 0 saturated carbocycles. The van der Waals surface area contributed by atoms with Gasteiger partial charge in [0.1, 0.15) is 0 Å². The van der Waals surface area contributed by atoms with Gasteiger partial charge in [-0.15, -0.1) is 11.3 Å². The van der Waals surface area contributed by atoms with Crippen LogP contribution in [-0.2, 0) is 19.5 Å². The molecule has 3 aromatic rings. The van der Waals surface area contributed by atoms with Gasteiger partial charge in [-0.1, -0.05) is 6.07 Å². The van der Waals surface area contributed by atoms with E-state index in [4.69, 9.17) is 0 Å². The molecular formula is C18H14F3N3OS. The van der Waals surface area contributed by atoms with Crippen molar-refractivity contribution < 1.29 is 13.2 Å². The van der Waals surface area contributed by atoms with Crippen LogP contribution in [0.4, 0.5) is 13.2 Å². The van der Waals surface area contributed by atoms with E-state index in [2.05, 4.69) is 9.97 Å². The fourth-order valence-corrected chi connectivity index (χ4v) is 3.77. The number of aromatic amines is 1. The van der Waals surface area contributed by atoms with Crippen molar-refractivity contribution in [2.75, 3.05) is 6.54 Å². The van der Waals surface area contributed by atoms with Gasteiger partial charge in [-0.05, 0) is 29.1 Å². The number of aromatic nitrogens is 2. The Kier molecular flexibility index (Phi) is 4.37. The van der Waals surface area contributed by atoms with Gasteiger partial charge in [0.25, 0.3) is 5.56 Å². The largest absolute Gasteiger partial charge is 0.306 e. The number of hydrogen-bond acceptors (Lipinski definition) is 4. The first-order valence-corrected chi connectivity index (χ1v) is 8.91. The quantitative estimate of drug-likeness (QED) is 0.711. The van der Waals surface area contributed by atoms with Crippen molar-refractivity contribution in [1.82, 2.24) is 14.9 Å². The molecule has 26 heavy (non-hydrogen) atoms. The summed E-state index contributed by atoms with van der Waals surface area (Å²) in [5.41, 5.74) is 1.41. The van der Waals surface area contributed by atoms with Crippen molar-refractivity contribution in [2.24, 2.45) is 0 Å². The van der Waals surface area contributed by atoms with E-state index in [-0.39, 0.29) is 12.1 Å². The predicted octanol–water partition coefficient (Wildman–Crippen LogP) is 3.47. The SMILES string of the molecule is O=c1[nH]c(-c2cccs2)nc2c1CN(Cc1cc(F)c(F)c(F)c1)CC2. The number of fused-ring (bicyclic) bond motifs is 1. The molecule has 0 bridgehead atoms. The summed E-state index contributed by atoms with van der Waals surface area (Å²) >= 11 is 1.50. The summed E-state index contributed by atoms with van der Waals surface area (Å²) in [4.78, 5) is 22.6. The maximum Gasteiger partial charge on any atom is 0.255 e. The van der Waals surface area contributed by atoms with E-state index in [1.165, 1.54) is 11.3 Å². The Bertz CT molecular complexity index is 994. The first-order chi connectivity index (χ1) is 12.5. The molecule has 8 heteroatoms. The number of H-pyrrole nitrogens is 1. The minimum Gasteiger partial charge on any atom is -0.306 e. The maximum atomic E-state index is 13.4. The lowest BCUT2D eigenvalue weighted by Gasteiger charge is -2.27. The monoisotopic (exact) mass is 377 g/mol. The number of hydrogen-bond donors (Lipinski definition) is 1. The lowest BCUT2D eigenvalue weighted by Crippen LogP contribution is -2.35. The highest BCUT2D eigenvalue weighted by atomic mass is 32.1. The smallest absolute Gasteiger partial charge is 0.255 e. The van der Waals surface area contributed by atoms with E-state index in [0.717, 1.165) is 22.7 Å². The topological polar surface area (TPSA) is 49.0 Å². The molecule has 1 N–H and O–H groups in total. The number of nitrogens with one attached hydrogen (secondary N) is 1. The highest BCUT2D eigenvalue weighted by Gasteiger charge is 2.22. The fraction of sp³-hybridized carbons (Fsp3) is 0.222. The molecule has 1 aromatic carbocycles. The molecule has 4 rings (SSSR count). The number of thiophene rings is 1. The molecule has 0 saturated heterocycles. The van der Waals surface area contributed by atoms with Crippen molar-refractivity contribution >= 4 is 11.3 Å². The van der Waals surface area contributed by atoms with E-state index in [1.54, 1.807) is 0 Å². The Morgan fingerprint density at radius 2 is 2.00 bits per heavy atom. The van der Waals surface area contributed by atoms with Crippen LogP contribution in [0, 0.1) is 17.5 Å². The van der Waals surface area contributed by atoms with E-state index in [9.17, 15) is 18.0 Å². The van der Waals surface area contributed by atoms with Crippen LogP contribution in [0.1, 0.15) is 16.8 Å². The minimum absolute atomic E-state index is 0.209. The molecule has 0 amide bonds. The second-order valence-electron chi connectivity index (χ2n) is 6.15. The molecule has 134 valence electrons. The first-order valence-electron chi connectivity index (χ1n) is 8.03. The number of halogens is 3. The fourth-order valence-electron chi connectivity index (χ4n) is 3.10. The van der Waals surface area contributed by atoms with Crippen molar-refractivity contribution in [3.63, 3.8) is 0 Å². The molecule has 0 radical (unpaired) electrons. The van der Waals surface area contributed by atoms with Crippen LogP contribution in [0.25, 0.3) is 10.7 Å². The third-order valence-electron chi connectivity index (χ3n) is 4.35. The Balaban J connectivity index is 1.58. The molecule has 2 aromatic heterocycles. The summed E-state index contributed by atoms with van der Waals surface area (Å²) in [6.07, 6.45) is 0.559. The molecule has 4 nitrogen and oxygen atoms in total. The Morgan fingerprint density at radius 1 is 1.23 bits per heavy atom. The zero-order valence-corrected chi connectivity index (χ0v) is 14.4. The summed E-state index contributed by atoms with van der Waals surface area (Å²) in [6.45, 7) is 1.14. The van der Waals surface area contributed by atoms with Crippen molar-refractivity contribution in [2.45, 2.75) is 19.5 Å². The number of nitrogens with zero attached hydrogens (tertiary/aromatic N) is 2. The van der Waals surface area contributed by atoms with Crippen molar-refractivity contribution in [1.29, 1.82) is 0 Å². The van der Waals surface area contributed by atoms with Crippen LogP contribution >= 0.6 is 11.3 Å². The molecular weight excluding hydrogens is 363 g/mol. The molecule has 0 atom stereocenters. The van der Waals surface area contributed by atoms with Crippen LogP contribution in [0.15, 0.2) is 34.4 Å². The van der Waals surface area contributed by atoms with Crippen LogP contribution in [-0.4, -0.2) is 21.4 Å². The molecule has 0 fully saturated rings. The summed E-state index contributed by atoms with van der Waals surface area (Å²) in [5.74, 6) is -3.34. The van der Waals surface area contributed by atoms with Gasteiger partial charge in [-0.2, -0.15) is 0 Å². The van der Waals surface area contributed by atoms with E-state index >= 15 is 0 Å². The van der Waals surface area contributed by atoms with Crippen LogP contribution in [0.2, 0.25) is 0 Å². The lowest BCUT2D eigenvalue weighted by atomic mass is 10.1. The van der Waals surface area contributed by atoms with Gasteiger partial charge >= 0.3 is 0 Å². The van der Waals surface area contributed by atoms with Gasteiger partial charge in [0, 0.05) is 26.1 Å². The van der Waals surface area contributed by atoms with Crippen LogP contribution < -0.4 is 5.56 Å². The van der Waals surface area contributed by atoms with Gasteiger partial charge < -0.3 is 4.98 Å². The van der Waals surface area contributed by atoms with Gasteiger partial charge in [0.2, 0.25) is 0 Å². The summed E-state index contributed by atoms with van der Waals surface area (Å²) in [7, 11) is 0. The van der Waals surface area contributed by atoms with Gasteiger partial charge in [0.15, 0.2) is 23.3 Å².